The Balaban J connectivity index is 2.53. The van der Waals surface area contributed by atoms with E-state index in [4.69, 9.17) is 0 Å². The summed E-state index contributed by atoms with van der Waals surface area (Å²) in [5.74, 6) is 0. The highest BCUT2D eigenvalue weighted by Gasteiger charge is 2.08. The van der Waals surface area contributed by atoms with Gasteiger partial charge in [0.2, 0.25) is 0 Å². The summed E-state index contributed by atoms with van der Waals surface area (Å²) in [5.41, 5.74) is 0.679. The lowest BCUT2D eigenvalue weighted by molar-refractivity contribution is 0.168. The molecule has 4 heteroatoms. The molecule has 1 atom stereocenters. The maximum atomic E-state index is 9.45. The Morgan fingerprint density at radius 1 is 1.54 bits per heavy atom. The molecule has 4 nitrogen and oxygen atoms in total. The highest BCUT2D eigenvalue weighted by Crippen LogP contribution is 2.11. The second kappa shape index (κ2) is 4.97. The standard InChI is InChI=1S/C9H17N3O/c1-3-5-6-12-7-8(10-11-12)9(13)4-2/h7,9,13H,3-6H2,1-2H3. The lowest BCUT2D eigenvalue weighted by Crippen LogP contribution is -1.98. The fourth-order valence-electron chi connectivity index (χ4n) is 1.10. The van der Waals surface area contributed by atoms with Crippen LogP contribution in [0.5, 0.6) is 0 Å². The summed E-state index contributed by atoms with van der Waals surface area (Å²) in [7, 11) is 0. The summed E-state index contributed by atoms with van der Waals surface area (Å²) in [5, 5.41) is 17.3. The molecule has 74 valence electrons. The van der Waals surface area contributed by atoms with Crippen molar-refractivity contribution >= 4 is 0 Å². The number of aromatic nitrogens is 3. The van der Waals surface area contributed by atoms with Gasteiger partial charge in [0.05, 0.1) is 12.3 Å². The number of aliphatic hydroxyl groups excluding tert-OH is 1. The summed E-state index contributed by atoms with van der Waals surface area (Å²) >= 11 is 0. The minimum atomic E-state index is -0.463. The van der Waals surface area contributed by atoms with Crippen molar-refractivity contribution < 1.29 is 5.11 Å². The number of aryl methyl sites for hydroxylation is 1. The number of nitrogens with zero attached hydrogens (tertiary/aromatic N) is 3. The Bertz CT molecular complexity index is 247. The molecule has 1 heterocycles. The van der Waals surface area contributed by atoms with Gasteiger partial charge in [-0.15, -0.1) is 5.10 Å². The van der Waals surface area contributed by atoms with Gasteiger partial charge in [-0.3, -0.25) is 4.68 Å². The molecule has 0 aliphatic carbocycles. The predicted molar refractivity (Wildman–Crippen MR) is 50.2 cm³/mol. The molecule has 0 saturated heterocycles. The van der Waals surface area contributed by atoms with Crippen LogP contribution in [0.4, 0.5) is 0 Å². The number of rotatable bonds is 5. The molecule has 0 saturated carbocycles. The molecule has 0 spiro atoms. The molecular formula is C9H17N3O. The first-order chi connectivity index (χ1) is 6.27. The quantitative estimate of drug-likeness (QED) is 0.753. The first kappa shape index (κ1) is 10.2. The van der Waals surface area contributed by atoms with Gasteiger partial charge in [0, 0.05) is 6.54 Å². The fraction of sp³-hybridized carbons (Fsp3) is 0.778. The molecule has 0 aliphatic heterocycles. The summed E-state index contributed by atoms with van der Waals surface area (Å²) < 4.78 is 1.79. The number of hydrogen-bond donors (Lipinski definition) is 1. The summed E-state index contributed by atoms with van der Waals surface area (Å²) in [6.07, 6.45) is 4.29. The monoisotopic (exact) mass is 183 g/mol. The van der Waals surface area contributed by atoms with Gasteiger partial charge >= 0.3 is 0 Å². The largest absolute Gasteiger partial charge is 0.387 e. The van der Waals surface area contributed by atoms with E-state index in [1.165, 1.54) is 0 Å². The molecule has 0 fully saturated rings. The van der Waals surface area contributed by atoms with Crippen LogP contribution in [-0.2, 0) is 6.54 Å². The van der Waals surface area contributed by atoms with Gasteiger partial charge < -0.3 is 5.11 Å². The molecule has 1 rings (SSSR count). The van der Waals surface area contributed by atoms with Crippen LogP contribution >= 0.6 is 0 Å². The normalized spacial score (nSPS) is 13.2. The van der Waals surface area contributed by atoms with Crippen LogP contribution in [0, 0.1) is 0 Å². The Morgan fingerprint density at radius 3 is 2.92 bits per heavy atom. The summed E-state index contributed by atoms with van der Waals surface area (Å²) in [4.78, 5) is 0. The van der Waals surface area contributed by atoms with Gasteiger partial charge in [0.15, 0.2) is 0 Å². The van der Waals surface area contributed by atoms with E-state index < -0.39 is 6.10 Å². The molecule has 1 aromatic rings. The molecule has 1 aromatic heterocycles. The zero-order valence-corrected chi connectivity index (χ0v) is 8.27. The fourth-order valence-corrected chi connectivity index (χ4v) is 1.10. The molecule has 0 radical (unpaired) electrons. The Kier molecular flexibility index (Phi) is 3.89. The first-order valence-corrected chi connectivity index (χ1v) is 4.86. The van der Waals surface area contributed by atoms with Crippen LogP contribution in [0.1, 0.15) is 44.9 Å². The van der Waals surface area contributed by atoms with Gasteiger partial charge in [-0.25, -0.2) is 0 Å². The van der Waals surface area contributed by atoms with Crippen molar-refractivity contribution in [1.82, 2.24) is 15.0 Å². The highest BCUT2D eigenvalue weighted by atomic mass is 16.3. The van der Waals surface area contributed by atoms with E-state index in [0.29, 0.717) is 12.1 Å². The second-order valence-corrected chi connectivity index (χ2v) is 3.18. The molecule has 1 unspecified atom stereocenters. The van der Waals surface area contributed by atoms with E-state index in [9.17, 15) is 5.11 Å². The van der Waals surface area contributed by atoms with Gasteiger partial charge in [-0.2, -0.15) is 0 Å². The molecule has 0 bridgehead atoms. The molecule has 1 N–H and O–H groups in total. The zero-order chi connectivity index (χ0) is 9.68. The van der Waals surface area contributed by atoms with Gasteiger partial charge in [0.25, 0.3) is 0 Å². The van der Waals surface area contributed by atoms with Gasteiger partial charge in [-0.05, 0) is 12.8 Å². The number of unbranched alkanes of at least 4 members (excludes halogenated alkanes) is 1. The van der Waals surface area contributed by atoms with Crippen molar-refractivity contribution in [3.8, 4) is 0 Å². The van der Waals surface area contributed by atoms with Crippen LogP contribution in [0.15, 0.2) is 6.20 Å². The summed E-state index contributed by atoms with van der Waals surface area (Å²) in [6.45, 7) is 4.95. The average molecular weight is 183 g/mol. The SMILES string of the molecule is CCCCn1cc(C(O)CC)nn1. The van der Waals surface area contributed by atoms with Crippen molar-refractivity contribution in [2.45, 2.75) is 45.8 Å². The van der Waals surface area contributed by atoms with Crippen LogP contribution in [0.25, 0.3) is 0 Å². The van der Waals surface area contributed by atoms with Crippen LogP contribution < -0.4 is 0 Å². The van der Waals surface area contributed by atoms with Gasteiger partial charge in [-0.1, -0.05) is 25.5 Å². The molecule has 0 aromatic carbocycles. The van der Waals surface area contributed by atoms with Crippen LogP contribution in [-0.4, -0.2) is 20.1 Å². The second-order valence-electron chi connectivity index (χ2n) is 3.18. The van der Waals surface area contributed by atoms with Crippen molar-refractivity contribution in [3.05, 3.63) is 11.9 Å². The minimum absolute atomic E-state index is 0.463. The molecule has 13 heavy (non-hydrogen) atoms. The van der Waals surface area contributed by atoms with E-state index in [1.54, 1.807) is 4.68 Å². The van der Waals surface area contributed by atoms with Crippen molar-refractivity contribution in [1.29, 1.82) is 0 Å². The molecule has 0 aliphatic rings. The van der Waals surface area contributed by atoms with Gasteiger partial charge in [0.1, 0.15) is 5.69 Å². The Hall–Kier alpha value is -0.900. The lowest BCUT2D eigenvalue weighted by Gasteiger charge is -2.00. The average Bonchev–Trinajstić information content (AvgIpc) is 2.62. The summed E-state index contributed by atoms with van der Waals surface area (Å²) in [6, 6.07) is 0. The maximum absolute atomic E-state index is 9.45. The topological polar surface area (TPSA) is 50.9 Å². The third-order valence-electron chi connectivity index (χ3n) is 2.03. The van der Waals surface area contributed by atoms with Crippen molar-refractivity contribution in [2.24, 2.45) is 0 Å². The maximum Gasteiger partial charge on any atom is 0.111 e. The molecule has 0 amide bonds. The highest BCUT2D eigenvalue weighted by molar-refractivity contribution is 4.96. The zero-order valence-electron chi connectivity index (χ0n) is 8.27. The van der Waals surface area contributed by atoms with Crippen molar-refractivity contribution in [3.63, 3.8) is 0 Å². The van der Waals surface area contributed by atoms with Crippen LogP contribution in [0.3, 0.4) is 0 Å². The third-order valence-corrected chi connectivity index (χ3v) is 2.03. The minimum Gasteiger partial charge on any atom is -0.387 e. The number of hydrogen-bond acceptors (Lipinski definition) is 3. The van der Waals surface area contributed by atoms with E-state index in [0.717, 1.165) is 19.4 Å². The Morgan fingerprint density at radius 2 is 2.31 bits per heavy atom. The smallest absolute Gasteiger partial charge is 0.111 e. The third kappa shape index (κ3) is 2.81. The first-order valence-electron chi connectivity index (χ1n) is 4.86. The van der Waals surface area contributed by atoms with E-state index in [1.807, 2.05) is 13.1 Å². The number of aliphatic hydroxyl groups is 1. The predicted octanol–water partition coefficient (Wildman–Crippen LogP) is 1.52. The van der Waals surface area contributed by atoms with E-state index in [2.05, 4.69) is 17.2 Å². The van der Waals surface area contributed by atoms with E-state index in [-0.39, 0.29) is 0 Å². The van der Waals surface area contributed by atoms with Crippen molar-refractivity contribution in [2.75, 3.05) is 0 Å². The van der Waals surface area contributed by atoms with Crippen LogP contribution in [0.2, 0.25) is 0 Å². The Labute approximate surface area is 78.6 Å². The van der Waals surface area contributed by atoms with E-state index >= 15 is 0 Å². The molecular weight excluding hydrogens is 166 g/mol. The lowest BCUT2D eigenvalue weighted by atomic mass is 10.2.